The maximum Gasteiger partial charge on any atom is 0.225 e. The number of benzene rings is 2. The second-order valence-corrected chi connectivity index (χ2v) is 4.68. The lowest BCUT2D eigenvalue weighted by Crippen LogP contribution is -2.06. The quantitative estimate of drug-likeness (QED) is 0.772. The summed E-state index contributed by atoms with van der Waals surface area (Å²) in [6.45, 7) is 4.43. The van der Waals surface area contributed by atoms with Gasteiger partial charge >= 0.3 is 0 Å². The number of hydrogen-bond acceptors (Lipinski definition) is 3. The van der Waals surface area contributed by atoms with Gasteiger partial charge in [0.2, 0.25) is 5.95 Å². The van der Waals surface area contributed by atoms with Crippen molar-refractivity contribution in [3.63, 3.8) is 0 Å². The van der Waals surface area contributed by atoms with Crippen LogP contribution in [0.2, 0.25) is 0 Å². The maximum absolute atomic E-state index is 4.27. The van der Waals surface area contributed by atoms with E-state index in [0.717, 1.165) is 17.2 Å². The molecule has 0 aliphatic rings. The highest BCUT2D eigenvalue weighted by Crippen LogP contribution is 2.15. The minimum atomic E-state index is 0.673. The highest BCUT2D eigenvalue weighted by molar-refractivity contribution is 5.52. The molecule has 0 saturated heterocycles. The summed E-state index contributed by atoms with van der Waals surface area (Å²) >= 11 is 0. The lowest BCUT2D eigenvalue weighted by Gasteiger charge is -2.08. The van der Waals surface area contributed by atoms with Crippen LogP contribution in [0.5, 0.6) is 0 Å². The van der Waals surface area contributed by atoms with Gasteiger partial charge in [0.1, 0.15) is 6.33 Å². The van der Waals surface area contributed by atoms with Crippen LogP contribution in [0.1, 0.15) is 11.1 Å². The molecule has 1 N–H and O–H groups in total. The summed E-state index contributed by atoms with van der Waals surface area (Å²) in [6.07, 6.45) is 3.39. The number of nitrogens with zero attached hydrogens (tertiary/aromatic N) is 3. The molecule has 0 spiro atoms. The molecule has 0 fully saturated rings. The predicted molar refractivity (Wildman–Crippen MR) is 85.4 cm³/mol. The van der Waals surface area contributed by atoms with Crippen molar-refractivity contribution in [3.05, 3.63) is 78.6 Å². The third-order valence-electron chi connectivity index (χ3n) is 3.19. The number of anilines is 2. The molecule has 21 heavy (non-hydrogen) atoms. The molecule has 0 unspecified atom stereocenters. The first-order valence-corrected chi connectivity index (χ1v) is 6.76. The molecule has 4 heteroatoms. The zero-order valence-electron chi connectivity index (χ0n) is 11.6. The van der Waals surface area contributed by atoms with Crippen LogP contribution in [0.4, 0.5) is 11.6 Å². The molecule has 0 amide bonds. The van der Waals surface area contributed by atoms with Crippen molar-refractivity contribution < 1.29 is 0 Å². The minimum absolute atomic E-state index is 0.673. The van der Waals surface area contributed by atoms with E-state index in [1.807, 2.05) is 53.2 Å². The van der Waals surface area contributed by atoms with Crippen LogP contribution in [-0.4, -0.2) is 14.8 Å². The Labute approximate surface area is 123 Å². The van der Waals surface area contributed by atoms with E-state index in [2.05, 4.69) is 34.1 Å². The van der Waals surface area contributed by atoms with Crippen LogP contribution in [0.3, 0.4) is 0 Å². The number of rotatable bonds is 5. The molecule has 0 aliphatic carbocycles. The monoisotopic (exact) mass is 276 g/mol. The van der Waals surface area contributed by atoms with E-state index in [0.29, 0.717) is 6.54 Å². The smallest absolute Gasteiger partial charge is 0.225 e. The molecule has 0 aliphatic heterocycles. The van der Waals surface area contributed by atoms with Crippen molar-refractivity contribution in [2.24, 2.45) is 0 Å². The molecule has 0 saturated carbocycles. The van der Waals surface area contributed by atoms with Crippen LogP contribution in [0, 0.1) is 0 Å². The molecule has 2 aromatic carbocycles. The van der Waals surface area contributed by atoms with Gasteiger partial charge in [-0.2, -0.15) is 10.1 Å². The Hall–Kier alpha value is -2.88. The standard InChI is InChI=1S/C17H16N4/c1-2-14-8-10-15(11-9-14)12-21-17(18-13-19-21)20-16-6-4-3-5-7-16/h2-11,13H,1,12H2,(H,18,19,20). The Morgan fingerprint density at radius 3 is 2.52 bits per heavy atom. The summed E-state index contributed by atoms with van der Waals surface area (Å²) in [4.78, 5) is 4.27. The number of hydrogen-bond donors (Lipinski definition) is 1. The first-order chi connectivity index (χ1) is 10.3. The first-order valence-electron chi connectivity index (χ1n) is 6.76. The van der Waals surface area contributed by atoms with E-state index in [9.17, 15) is 0 Å². The predicted octanol–water partition coefficient (Wildman–Crippen LogP) is 3.71. The molecule has 3 rings (SSSR count). The second-order valence-electron chi connectivity index (χ2n) is 4.68. The molecular weight excluding hydrogens is 260 g/mol. The van der Waals surface area contributed by atoms with Gasteiger partial charge in [0, 0.05) is 5.69 Å². The van der Waals surface area contributed by atoms with Gasteiger partial charge in [0.15, 0.2) is 0 Å². The molecular formula is C17H16N4. The number of para-hydroxylation sites is 1. The summed E-state index contributed by atoms with van der Waals surface area (Å²) in [5.74, 6) is 0.731. The van der Waals surface area contributed by atoms with Crippen molar-refractivity contribution >= 4 is 17.7 Å². The summed E-state index contributed by atoms with van der Waals surface area (Å²) in [7, 11) is 0. The molecule has 1 aromatic heterocycles. The Bertz CT molecular complexity index is 714. The Kier molecular flexibility index (Phi) is 3.78. The summed E-state index contributed by atoms with van der Waals surface area (Å²) in [6, 6.07) is 18.2. The van der Waals surface area contributed by atoms with Crippen molar-refractivity contribution in [2.45, 2.75) is 6.54 Å². The van der Waals surface area contributed by atoms with Gasteiger partial charge in [-0.3, -0.25) is 0 Å². The van der Waals surface area contributed by atoms with Crippen molar-refractivity contribution in [1.82, 2.24) is 14.8 Å². The fourth-order valence-electron chi connectivity index (χ4n) is 2.06. The van der Waals surface area contributed by atoms with Gasteiger partial charge in [-0.1, -0.05) is 55.1 Å². The molecule has 1 heterocycles. The highest BCUT2D eigenvalue weighted by Gasteiger charge is 2.05. The summed E-state index contributed by atoms with van der Waals surface area (Å²) < 4.78 is 1.84. The largest absolute Gasteiger partial charge is 0.324 e. The van der Waals surface area contributed by atoms with Crippen molar-refractivity contribution in [3.8, 4) is 0 Å². The van der Waals surface area contributed by atoms with Crippen molar-refractivity contribution in [2.75, 3.05) is 5.32 Å². The lowest BCUT2D eigenvalue weighted by atomic mass is 10.1. The zero-order chi connectivity index (χ0) is 14.5. The topological polar surface area (TPSA) is 42.7 Å². The fraction of sp³-hybridized carbons (Fsp3) is 0.0588. The molecule has 4 nitrogen and oxygen atoms in total. The summed E-state index contributed by atoms with van der Waals surface area (Å²) in [5.41, 5.74) is 3.27. The van der Waals surface area contributed by atoms with E-state index < -0.39 is 0 Å². The average Bonchev–Trinajstić information content (AvgIpc) is 2.96. The van der Waals surface area contributed by atoms with Crippen LogP contribution < -0.4 is 5.32 Å². The van der Waals surface area contributed by atoms with Crippen LogP contribution >= 0.6 is 0 Å². The van der Waals surface area contributed by atoms with Gasteiger partial charge in [-0.15, -0.1) is 0 Å². The third-order valence-corrected chi connectivity index (χ3v) is 3.19. The van der Waals surface area contributed by atoms with Gasteiger partial charge < -0.3 is 5.32 Å². The molecule has 104 valence electrons. The normalized spacial score (nSPS) is 10.3. The van der Waals surface area contributed by atoms with Crippen molar-refractivity contribution in [1.29, 1.82) is 0 Å². The molecule has 0 radical (unpaired) electrons. The molecule has 3 aromatic rings. The zero-order valence-corrected chi connectivity index (χ0v) is 11.6. The van der Waals surface area contributed by atoms with Crippen LogP contribution in [0.25, 0.3) is 6.08 Å². The Morgan fingerprint density at radius 2 is 1.81 bits per heavy atom. The molecule has 0 atom stereocenters. The van der Waals surface area contributed by atoms with E-state index in [1.165, 1.54) is 5.56 Å². The third kappa shape index (κ3) is 3.17. The first kappa shape index (κ1) is 13.1. The van der Waals surface area contributed by atoms with Gasteiger partial charge in [0.05, 0.1) is 6.54 Å². The Balaban J connectivity index is 1.77. The van der Waals surface area contributed by atoms with Gasteiger partial charge in [0.25, 0.3) is 0 Å². The van der Waals surface area contributed by atoms with Crippen LogP contribution in [-0.2, 0) is 6.54 Å². The second kappa shape index (κ2) is 6.05. The average molecular weight is 276 g/mol. The van der Waals surface area contributed by atoms with E-state index in [-0.39, 0.29) is 0 Å². The van der Waals surface area contributed by atoms with E-state index >= 15 is 0 Å². The van der Waals surface area contributed by atoms with Crippen LogP contribution in [0.15, 0.2) is 67.5 Å². The maximum atomic E-state index is 4.27. The highest BCUT2D eigenvalue weighted by atomic mass is 15.4. The fourth-order valence-corrected chi connectivity index (χ4v) is 2.06. The van der Waals surface area contributed by atoms with Gasteiger partial charge in [-0.05, 0) is 23.3 Å². The number of nitrogens with one attached hydrogen (secondary N) is 1. The Morgan fingerprint density at radius 1 is 1.05 bits per heavy atom. The number of aromatic nitrogens is 3. The van der Waals surface area contributed by atoms with Gasteiger partial charge in [-0.25, -0.2) is 4.68 Å². The molecule has 0 bridgehead atoms. The van der Waals surface area contributed by atoms with E-state index in [1.54, 1.807) is 6.33 Å². The van der Waals surface area contributed by atoms with E-state index in [4.69, 9.17) is 0 Å². The summed E-state index contributed by atoms with van der Waals surface area (Å²) in [5, 5.41) is 7.54. The minimum Gasteiger partial charge on any atom is -0.324 e. The SMILES string of the molecule is C=Cc1ccc(Cn2ncnc2Nc2ccccc2)cc1. The lowest BCUT2D eigenvalue weighted by molar-refractivity contribution is 0.694.